The first-order chi connectivity index (χ1) is 6.69. The fourth-order valence-electron chi connectivity index (χ4n) is 1.31. The van der Waals surface area contributed by atoms with Crippen LogP contribution in [0.2, 0.25) is 0 Å². The van der Waals surface area contributed by atoms with Crippen LogP contribution in [0.5, 0.6) is 5.75 Å². The number of hydrogen-bond donors (Lipinski definition) is 0. The second-order valence-corrected chi connectivity index (χ2v) is 3.19. The maximum Gasteiger partial charge on any atom is 0.119 e. The van der Waals surface area contributed by atoms with Crippen LogP contribution < -0.4 is 4.74 Å². The van der Waals surface area contributed by atoms with Crippen LogP contribution in [0, 0.1) is 18.3 Å². The molecule has 0 N–H and O–H groups in total. The van der Waals surface area contributed by atoms with Gasteiger partial charge in [0.1, 0.15) is 5.75 Å². The fraction of sp³-hybridized carbons (Fsp3) is 0.333. The molecule has 14 heavy (non-hydrogen) atoms. The molecule has 73 valence electrons. The molecule has 0 aliphatic rings. The summed E-state index contributed by atoms with van der Waals surface area (Å²) in [5.41, 5.74) is 1.62. The fourth-order valence-corrected chi connectivity index (χ4v) is 1.31. The van der Waals surface area contributed by atoms with Crippen molar-refractivity contribution in [3.63, 3.8) is 0 Å². The number of rotatable bonds is 3. The molecular weight excluding hydrogens is 174 g/mol. The summed E-state index contributed by atoms with van der Waals surface area (Å²) in [6.45, 7) is 8.45. The summed E-state index contributed by atoms with van der Waals surface area (Å²) in [4.78, 5) is 0. The number of benzene rings is 1. The van der Waals surface area contributed by atoms with E-state index in [1.54, 1.807) is 6.07 Å². The van der Waals surface area contributed by atoms with Crippen LogP contribution in [-0.2, 0) is 0 Å². The van der Waals surface area contributed by atoms with E-state index in [1.807, 2.05) is 26.0 Å². The van der Waals surface area contributed by atoms with E-state index in [9.17, 15) is 0 Å². The Morgan fingerprint density at radius 2 is 2.29 bits per heavy atom. The molecule has 2 heteroatoms. The van der Waals surface area contributed by atoms with Crippen LogP contribution in [0.1, 0.15) is 30.9 Å². The third kappa shape index (κ3) is 2.26. The molecule has 0 amide bonds. The average molecular weight is 188 g/mol. The first-order valence-electron chi connectivity index (χ1n) is 4.69. The van der Waals surface area contributed by atoms with Gasteiger partial charge in [-0.3, -0.25) is 0 Å². The molecule has 0 saturated heterocycles. The maximum absolute atomic E-state index is 8.87. The first kappa shape index (κ1) is 10.6. The second kappa shape index (κ2) is 4.66. The Kier molecular flexibility index (Phi) is 3.53. The topological polar surface area (TPSA) is 33.0 Å². The van der Waals surface area contributed by atoms with Gasteiger partial charge in [0.15, 0.2) is 0 Å². The van der Waals surface area contributed by atoms with Gasteiger partial charge in [-0.25, -0.2) is 0 Å². The van der Waals surface area contributed by atoms with E-state index in [0.29, 0.717) is 12.2 Å². The van der Waals surface area contributed by atoms with Crippen molar-refractivity contribution in [3.05, 3.63) is 36.2 Å². The van der Waals surface area contributed by atoms with Gasteiger partial charge in [0, 0.05) is 0 Å². The molecule has 0 aromatic heterocycles. The highest BCUT2D eigenvalue weighted by atomic mass is 16.5. The van der Waals surface area contributed by atoms with Crippen LogP contribution in [0.3, 0.4) is 0 Å². The zero-order chi connectivity index (χ0) is 10.6. The highest BCUT2D eigenvalue weighted by molar-refractivity contribution is 5.44. The second-order valence-electron chi connectivity index (χ2n) is 3.19. The van der Waals surface area contributed by atoms with Gasteiger partial charge in [-0.05, 0) is 43.5 Å². The molecular formula is C12H14NO. The summed E-state index contributed by atoms with van der Waals surface area (Å²) in [7, 11) is 0. The number of hydrogen-bond acceptors (Lipinski definition) is 2. The predicted octanol–water partition coefficient (Wildman–Crippen LogP) is 2.89. The third-order valence-corrected chi connectivity index (χ3v) is 1.99. The van der Waals surface area contributed by atoms with Gasteiger partial charge in [0.2, 0.25) is 0 Å². The van der Waals surface area contributed by atoms with E-state index in [2.05, 4.69) is 13.0 Å². The average Bonchev–Trinajstić information content (AvgIpc) is 2.18. The lowest BCUT2D eigenvalue weighted by Gasteiger charge is -2.10. The molecule has 0 bridgehead atoms. The van der Waals surface area contributed by atoms with Gasteiger partial charge in [-0.15, -0.1) is 0 Å². The van der Waals surface area contributed by atoms with Crippen molar-refractivity contribution in [1.29, 1.82) is 5.26 Å². The standard InChI is InChI=1S/C12H14NO/c1-4-14-11-6-5-10(8-13)12(7-11)9(2)3/h5-7,9H,2,4H2,1,3H3. The van der Waals surface area contributed by atoms with Crippen molar-refractivity contribution in [1.82, 2.24) is 0 Å². The molecule has 0 spiro atoms. The van der Waals surface area contributed by atoms with E-state index in [1.165, 1.54) is 0 Å². The molecule has 2 nitrogen and oxygen atoms in total. The van der Waals surface area contributed by atoms with Crippen molar-refractivity contribution in [2.24, 2.45) is 0 Å². The molecule has 0 aliphatic carbocycles. The van der Waals surface area contributed by atoms with Gasteiger partial charge < -0.3 is 4.74 Å². The Balaban J connectivity index is 3.09. The number of nitrogens with zero attached hydrogens (tertiary/aromatic N) is 1. The van der Waals surface area contributed by atoms with Crippen molar-refractivity contribution in [2.75, 3.05) is 6.61 Å². The number of nitriles is 1. The predicted molar refractivity (Wildman–Crippen MR) is 56.1 cm³/mol. The highest BCUT2D eigenvalue weighted by Gasteiger charge is 2.07. The quantitative estimate of drug-likeness (QED) is 0.730. The molecule has 1 unspecified atom stereocenters. The normalized spacial score (nSPS) is 9.93. The summed E-state index contributed by atoms with van der Waals surface area (Å²) < 4.78 is 5.36. The van der Waals surface area contributed by atoms with Crippen molar-refractivity contribution < 1.29 is 4.74 Å². The van der Waals surface area contributed by atoms with Crippen molar-refractivity contribution in [2.45, 2.75) is 19.8 Å². The van der Waals surface area contributed by atoms with E-state index in [4.69, 9.17) is 10.00 Å². The lowest BCUT2D eigenvalue weighted by molar-refractivity contribution is 0.340. The van der Waals surface area contributed by atoms with Crippen LogP contribution in [-0.4, -0.2) is 6.61 Å². The molecule has 1 atom stereocenters. The molecule has 0 saturated carbocycles. The molecule has 0 heterocycles. The Bertz CT molecular complexity index is 350. The highest BCUT2D eigenvalue weighted by Crippen LogP contribution is 2.23. The van der Waals surface area contributed by atoms with E-state index in [0.717, 1.165) is 11.3 Å². The van der Waals surface area contributed by atoms with Crippen LogP contribution in [0.25, 0.3) is 0 Å². The van der Waals surface area contributed by atoms with E-state index < -0.39 is 0 Å². The Morgan fingerprint density at radius 3 is 2.79 bits per heavy atom. The van der Waals surface area contributed by atoms with Gasteiger partial charge in [-0.2, -0.15) is 5.26 Å². The largest absolute Gasteiger partial charge is 0.494 e. The lowest BCUT2D eigenvalue weighted by Crippen LogP contribution is -1.96. The van der Waals surface area contributed by atoms with Gasteiger partial charge >= 0.3 is 0 Å². The summed E-state index contributed by atoms with van der Waals surface area (Å²) in [5.74, 6) is 0.905. The smallest absolute Gasteiger partial charge is 0.119 e. The molecule has 1 aromatic carbocycles. The Morgan fingerprint density at radius 1 is 1.57 bits per heavy atom. The van der Waals surface area contributed by atoms with Crippen LogP contribution in [0.4, 0.5) is 0 Å². The number of ether oxygens (including phenoxy) is 1. The van der Waals surface area contributed by atoms with Gasteiger partial charge in [0.05, 0.1) is 18.2 Å². The summed E-state index contributed by atoms with van der Waals surface area (Å²) in [5, 5.41) is 8.87. The summed E-state index contributed by atoms with van der Waals surface area (Å²) >= 11 is 0. The monoisotopic (exact) mass is 188 g/mol. The Labute approximate surface area is 85.1 Å². The molecule has 1 rings (SSSR count). The zero-order valence-corrected chi connectivity index (χ0v) is 8.58. The molecule has 1 radical (unpaired) electrons. The molecule has 0 aliphatic heterocycles. The van der Waals surface area contributed by atoms with Gasteiger partial charge in [-0.1, -0.05) is 6.92 Å². The van der Waals surface area contributed by atoms with Crippen molar-refractivity contribution in [3.8, 4) is 11.8 Å². The SMILES string of the molecule is [CH2]C(C)c1cc(OCC)ccc1C#N. The zero-order valence-electron chi connectivity index (χ0n) is 8.58. The molecule has 1 aromatic rings. The summed E-state index contributed by atoms with van der Waals surface area (Å²) in [6.07, 6.45) is 0. The van der Waals surface area contributed by atoms with Gasteiger partial charge in [0.25, 0.3) is 0 Å². The van der Waals surface area contributed by atoms with Crippen LogP contribution in [0.15, 0.2) is 18.2 Å². The first-order valence-corrected chi connectivity index (χ1v) is 4.69. The van der Waals surface area contributed by atoms with Crippen molar-refractivity contribution >= 4 is 0 Å². The summed E-state index contributed by atoms with van der Waals surface area (Å²) in [6, 6.07) is 7.63. The van der Waals surface area contributed by atoms with Crippen LogP contribution >= 0.6 is 0 Å². The lowest BCUT2D eigenvalue weighted by atomic mass is 9.98. The minimum absolute atomic E-state index is 0.102. The minimum atomic E-state index is 0.102. The van der Waals surface area contributed by atoms with E-state index in [-0.39, 0.29) is 5.92 Å². The third-order valence-electron chi connectivity index (χ3n) is 1.99. The molecule has 0 fully saturated rings. The van der Waals surface area contributed by atoms with E-state index >= 15 is 0 Å². The maximum atomic E-state index is 8.87. The Hall–Kier alpha value is -1.49. The minimum Gasteiger partial charge on any atom is -0.494 e.